The number of benzene rings is 2. The first-order valence-corrected chi connectivity index (χ1v) is 8.00. The quantitative estimate of drug-likeness (QED) is 0.620. The van der Waals surface area contributed by atoms with Crippen molar-refractivity contribution in [2.45, 2.75) is 11.2 Å². The van der Waals surface area contributed by atoms with Crippen LogP contribution in [0.5, 0.6) is 0 Å². The van der Waals surface area contributed by atoms with Gasteiger partial charge in [-0.2, -0.15) is 0 Å². The number of rotatable bonds is 5. The predicted octanol–water partition coefficient (Wildman–Crippen LogP) is 5.26. The summed E-state index contributed by atoms with van der Waals surface area (Å²) in [7, 11) is 1.69. The summed E-state index contributed by atoms with van der Waals surface area (Å²) in [6.07, 6.45) is 0.884. The third-order valence-electron chi connectivity index (χ3n) is 3.12. The van der Waals surface area contributed by atoms with Crippen LogP contribution in [0.4, 0.5) is 4.39 Å². The molecule has 2 rings (SSSR count). The molecular formula is C16H15Br2FO. The smallest absolute Gasteiger partial charge is 0.142 e. The van der Waals surface area contributed by atoms with Gasteiger partial charge in [-0.05, 0) is 39.5 Å². The molecule has 2 aromatic rings. The second kappa shape index (κ2) is 7.34. The molecule has 0 heterocycles. The highest BCUT2D eigenvalue weighted by Crippen LogP contribution is 2.34. The van der Waals surface area contributed by atoms with Crippen LogP contribution in [0.1, 0.15) is 21.5 Å². The van der Waals surface area contributed by atoms with Gasteiger partial charge >= 0.3 is 0 Å². The molecule has 0 aromatic heterocycles. The van der Waals surface area contributed by atoms with E-state index < -0.39 is 0 Å². The van der Waals surface area contributed by atoms with Crippen LogP contribution >= 0.6 is 31.9 Å². The van der Waals surface area contributed by atoms with Gasteiger partial charge in [0.15, 0.2) is 0 Å². The van der Waals surface area contributed by atoms with E-state index in [1.807, 2.05) is 18.2 Å². The van der Waals surface area contributed by atoms with Crippen molar-refractivity contribution in [1.29, 1.82) is 0 Å². The number of methoxy groups -OCH3 is 1. The highest BCUT2D eigenvalue weighted by atomic mass is 79.9. The summed E-state index contributed by atoms with van der Waals surface area (Å²) in [6.45, 7) is 0.706. The Morgan fingerprint density at radius 3 is 2.50 bits per heavy atom. The highest BCUT2D eigenvalue weighted by molar-refractivity contribution is 9.10. The Bertz CT molecular complexity index is 569. The molecule has 106 valence electrons. The molecule has 0 fully saturated rings. The summed E-state index contributed by atoms with van der Waals surface area (Å²) in [4.78, 5) is -0.156. The van der Waals surface area contributed by atoms with Crippen LogP contribution < -0.4 is 0 Å². The zero-order chi connectivity index (χ0) is 14.5. The SMILES string of the molecule is COCCc1ccc(C(Br)c2cccc(Br)c2F)cc1. The molecule has 0 aliphatic rings. The molecular weight excluding hydrogens is 387 g/mol. The Balaban J connectivity index is 2.20. The average Bonchev–Trinajstić information content (AvgIpc) is 2.48. The van der Waals surface area contributed by atoms with E-state index >= 15 is 0 Å². The standard InChI is InChI=1S/C16H15Br2FO/c1-20-10-9-11-5-7-12(8-6-11)15(18)13-3-2-4-14(17)16(13)19/h2-8,15H,9-10H2,1H3. The number of hydrogen-bond acceptors (Lipinski definition) is 1. The number of ether oxygens (including phenoxy) is 1. The van der Waals surface area contributed by atoms with Crippen molar-refractivity contribution in [3.05, 3.63) is 69.4 Å². The Hall–Kier alpha value is -0.710. The van der Waals surface area contributed by atoms with Crippen molar-refractivity contribution in [2.75, 3.05) is 13.7 Å². The molecule has 0 N–H and O–H groups in total. The summed E-state index contributed by atoms with van der Waals surface area (Å²) in [5.41, 5.74) is 2.87. The van der Waals surface area contributed by atoms with E-state index in [-0.39, 0.29) is 10.6 Å². The molecule has 0 aliphatic heterocycles. The van der Waals surface area contributed by atoms with E-state index in [1.54, 1.807) is 19.2 Å². The molecule has 0 aliphatic carbocycles. The van der Waals surface area contributed by atoms with Gasteiger partial charge in [-0.15, -0.1) is 0 Å². The fourth-order valence-corrected chi connectivity index (χ4v) is 3.01. The number of halogens is 3. The van der Waals surface area contributed by atoms with Gasteiger partial charge in [0.2, 0.25) is 0 Å². The van der Waals surface area contributed by atoms with E-state index in [2.05, 4.69) is 44.0 Å². The molecule has 0 amide bonds. The zero-order valence-corrected chi connectivity index (χ0v) is 14.2. The molecule has 0 bridgehead atoms. The van der Waals surface area contributed by atoms with E-state index in [9.17, 15) is 4.39 Å². The third-order valence-corrected chi connectivity index (χ3v) is 4.76. The maximum atomic E-state index is 14.1. The van der Waals surface area contributed by atoms with Gasteiger partial charge in [0.25, 0.3) is 0 Å². The Labute approximate surface area is 135 Å². The van der Waals surface area contributed by atoms with E-state index in [4.69, 9.17) is 4.74 Å². The van der Waals surface area contributed by atoms with Gasteiger partial charge < -0.3 is 4.74 Å². The van der Waals surface area contributed by atoms with Crippen LogP contribution in [0, 0.1) is 5.82 Å². The molecule has 1 unspecified atom stereocenters. The van der Waals surface area contributed by atoms with Crippen molar-refractivity contribution in [2.24, 2.45) is 0 Å². The van der Waals surface area contributed by atoms with Gasteiger partial charge in [-0.1, -0.05) is 52.3 Å². The van der Waals surface area contributed by atoms with Crippen LogP contribution in [-0.2, 0) is 11.2 Å². The Kier molecular flexibility index (Phi) is 5.75. The minimum atomic E-state index is -0.224. The van der Waals surface area contributed by atoms with Crippen LogP contribution in [-0.4, -0.2) is 13.7 Å². The molecule has 20 heavy (non-hydrogen) atoms. The lowest BCUT2D eigenvalue weighted by atomic mass is 10.0. The second-order valence-electron chi connectivity index (χ2n) is 4.49. The topological polar surface area (TPSA) is 9.23 Å². The van der Waals surface area contributed by atoms with Gasteiger partial charge in [0, 0.05) is 12.7 Å². The predicted molar refractivity (Wildman–Crippen MR) is 86.9 cm³/mol. The maximum absolute atomic E-state index is 14.1. The summed E-state index contributed by atoms with van der Waals surface area (Å²) >= 11 is 6.79. The molecule has 0 spiro atoms. The molecule has 4 heteroatoms. The largest absolute Gasteiger partial charge is 0.384 e. The molecule has 1 nitrogen and oxygen atoms in total. The van der Waals surface area contributed by atoms with Crippen molar-refractivity contribution >= 4 is 31.9 Å². The normalized spacial score (nSPS) is 12.4. The number of alkyl halides is 1. The Morgan fingerprint density at radius 2 is 1.85 bits per heavy atom. The van der Waals surface area contributed by atoms with Gasteiger partial charge in [-0.25, -0.2) is 4.39 Å². The molecule has 0 saturated heterocycles. The van der Waals surface area contributed by atoms with E-state index in [1.165, 1.54) is 5.56 Å². The van der Waals surface area contributed by atoms with Crippen molar-refractivity contribution in [1.82, 2.24) is 0 Å². The van der Waals surface area contributed by atoms with Crippen LogP contribution in [0.25, 0.3) is 0 Å². The monoisotopic (exact) mass is 400 g/mol. The first-order valence-electron chi connectivity index (χ1n) is 6.29. The summed E-state index contributed by atoms with van der Waals surface area (Å²) < 4.78 is 19.6. The lowest BCUT2D eigenvalue weighted by Gasteiger charge is -2.13. The van der Waals surface area contributed by atoms with Gasteiger partial charge in [0.05, 0.1) is 15.9 Å². The summed E-state index contributed by atoms with van der Waals surface area (Å²) in [5, 5.41) is 0. The third kappa shape index (κ3) is 3.68. The first-order chi connectivity index (χ1) is 9.63. The Morgan fingerprint density at radius 1 is 1.15 bits per heavy atom. The molecule has 2 aromatic carbocycles. The molecule has 0 radical (unpaired) electrons. The minimum Gasteiger partial charge on any atom is -0.384 e. The lowest BCUT2D eigenvalue weighted by molar-refractivity contribution is 0.202. The van der Waals surface area contributed by atoms with Gasteiger partial charge in [-0.3, -0.25) is 0 Å². The second-order valence-corrected chi connectivity index (χ2v) is 6.26. The number of hydrogen-bond donors (Lipinski definition) is 0. The van der Waals surface area contributed by atoms with E-state index in [0.29, 0.717) is 16.6 Å². The highest BCUT2D eigenvalue weighted by Gasteiger charge is 2.16. The summed E-state index contributed by atoms with van der Waals surface area (Å²) in [6, 6.07) is 13.5. The zero-order valence-electron chi connectivity index (χ0n) is 11.1. The van der Waals surface area contributed by atoms with E-state index in [0.717, 1.165) is 12.0 Å². The summed E-state index contributed by atoms with van der Waals surface area (Å²) in [5.74, 6) is -0.224. The van der Waals surface area contributed by atoms with Crippen LogP contribution in [0.3, 0.4) is 0 Å². The van der Waals surface area contributed by atoms with Gasteiger partial charge in [0.1, 0.15) is 5.82 Å². The van der Waals surface area contributed by atoms with Crippen molar-refractivity contribution < 1.29 is 9.13 Å². The fraction of sp³-hybridized carbons (Fsp3) is 0.250. The minimum absolute atomic E-state index is 0.156. The van der Waals surface area contributed by atoms with Crippen molar-refractivity contribution in [3.8, 4) is 0 Å². The lowest BCUT2D eigenvalue weighted by Crippen LogP contribution is -1.99. The first kappa shape index (κ1) is 15.7. The molecule has 1 atom stereocenters. The molecule has 0 saturated carbocycles. The van der Waals surface area contributed by atoms with Crippen LogP contribution in [0.15, 0.2) is 46.9 Å². The maximum Gasteiger partial charge on any atom is 0.142 e. The average molecular weight is 402 g/mol. The fourth-order valence-electron chi connectivity index (χ4n) is 1.97. The van der Waals surface area contributed by atoms with Crippen molar-refractivity contribution in [3.63, 3.8) is 0 Å². The van der Waals surface area contributed by atoms with Crippen LogP contribution in [0.2, 0.25) is 0 Å².